The van der Waals surface area contributed by atoms with Gasteiger partial charge in [-0.2, -0.15) is 0 Å². The Bertz CT molecular complexity index is 361. The molecule has 0 amide bonds. The van der Waals surface area contributed by atoms with Gasteiger partial charge in [-0.1, -0.05) is 6.08 Å². The summed E-state index contributed by atoms with van der Waals surface area (Å²) in [5.74, 6) is -0.170. The molecule has 4 unspecified atom stereocenters. The molecule has 4 heteroatoms. The minimum absolute atomic E-state index is 0.0694. The second kappa shape index (κ2) is 3.82. The van der Waals surface area contributed by atoms with E-state index >= 15 is 0 Å². The van der Waals surface area contributed by atoms with E-state index in [9.17, 15) is 4.79 Å². The van der Waals surface area contributed by atoms with E-state index in [4.69, 9.17) is 9.47 Å². The smallest absolute Gasteiger partial charge is 0.333 e. The van der Waals surface area contributed by atoms with Gasteiger partial charge in [0.2, 0.25) is 0 Å². The van der Waals surface area contributed by atoms with E-state index < -0.39 is 0 Å². The zero-order valence-electron chi connectivity index (χ0n) is 10.6. The van der Waals surface area contributed by atoms with Crippen LogP contribution in [0.2, 0.25) is 0 Å². The molecule has 3 aliphatic heterocycles. The Balaban J connectivity index is 1.63. The molecule has 0 aromatic rings. The molecule has 0 aromatic carbocycles. The number of morpholine rings is 1. The molecule has 3 rings (SSSR count). The van der Waals surface area contributed by atoms with Crippen LogP contribution in [0, 0.1) is 0 Å². The van der Waals surface area contributed by atoms with Crippen molar-refractivity contribution in [2.24, 2.45) is 0 Å². The van der Waals surface area contributed by atoms with Crippen LogP contribution in [0.5, 0.6) is 0 Å². The molecular weight excluding hydrogens is 218 g/mol. The minimum Gasteiger partial charge on any atom is -0.459 e. The highest BCUT2D eigenvalue weighted by Gasteiger charge is 2.62. The third-order valence-electron chi connectivity index (χ3n) is 4.40. The molecule has 0 spiro atoms. The molecule has 3 saturated heterocycles. The molecule has 94 valence electrons. The van der Waals surface area contributed by atoms with Crippen molar-refractivity contribution < 1.29 is 14.3 Å². The number of carbonyl (C=O) groups excluding carboxylic acids is 1. The molecule has 2 bridgehead atoms. The van der Waals surface area contributed by atoms with Crippen LogP contribution in [-0.2, 0) is 14.3 Å². The number of esters is 1. The average molecular weight is 237 g/mol. The molecule has 4 nitrogen and oxygen atoms in total. The van der Waals surface area contributed by atoms with Gasteiger partial charge in [-0.15, -0.1) is 0 Å². The maximum atomic E-state index is 11.7. The van der Waals surface area contributed by atoms with Gasteiger partial charge in [0.15, 0.2) is 0 Å². The fourth-order valence-corrected chi connectivity index (χ4v) is 3.16. The molecule has 4 atom stereocenters. The Labute approximate surface area is 102 Å². The summed E-state index contributed by atoms with van der Waals surface area (Å²) in [5, 5.41) is 0. The van der Waals surface area contributed by atoms with Crippen molar-refractivity contribution in [1.82, 2.24) is 4.90 Å². The van der Waals surface area contributed by atoms with Crippen LogP contribution >= 0.6 is 0 Å². The third kappa shape index (κ3) is 1.70. The van der Waals surface area contributed by atoms with Crippen molar-refractivity contribution in [3.8, 4) is 0 Å². The van der Waals surface area contributed by atoms with Gasteiger partial charge in [-0.05, 0) is 20.9 Å². The summed E-state index contributed by atoms with van der Waals surface area (Å²) >= 11 is 0. The van der Waals surface area contributed by atoms with E-state index in [-0.39, 0.29) is 12.1 Å². The molecule has 3 aliphatic rings. The topological polar surface area (TPSA) is 42.1 Å². The largest absolute Gasteiger partial charge is 0.459 e. The first-order valence-electron chi connectivity index (χ1n) is 6.33. The second-order valence-corrected chi connectivity index (χ2v) is 5.34. The van der Waals surface area contributed by atoms with Crippen molar-refractivity contribution >= 4 is 5.97 Å². The van der Waals surface area contributed by atoms with Crippen LogP contribution in [0.3, 0.4) is 0 Å². The zero-order valence-corrected chi connectivity index (χ0v) is 10.6. The summed E-state index contributed by atoms with van der Waals surface area (Å²) in [7, 11) is 2.15. The van der Waals surface area contributed by atoms with Crippen molar-refractivity contribution in [1.29, 1.82) is 0 Å². The molecule has 0 aromatic heterocycles. The second-order valence-electron chi connectivity index (χ2n) is 5.34. The van der Waals surface area contributed by atoms with Gasteiger partial charge < -0.3 is 9.47 Å². The fourth-order valence-electron chi connectivity index (χ4n) is 3.16. The first-order chi connectivity index (χ1) is 8.11. The van der Waals surface area contributed by atoms with Crippen LogP contribution in [0.4, 0.5) is 0 Å². The van der Waals surface area contributed by atoms with Gasteiger partial charge in [-0.3, -0.25) is 4.90 Å². The highest BCUT2D eigenvalue weighted by Crippen LogP contribution is 2.47. The van der Waals surface area contributed by atoms with Crippen LogP contribution in [-0.4, -0.2) is 48.3 Å². The summed E-state index contributed by atoms with van der Waals surface area (Å²) < 4.78 is 11.2. The monoisotopic (exact) mass is 237 g/mol. The van der Waals surface area contributed by atoms with E-state index in [0.29, 0.717) is 29.9 Å². The van der Waals surface area contributed by atoms with E-state index in [1.165, 1.54) is 0 Å². The molecule has 0 N–H and O–H groups in total. The predicted octanol–water partition coefficient (Wildman–Crippen LogP) is 1.11. The normalized spacial score (nSPS) is 44.4. The van der Waals surface area contributed by atoms with E-state index in [2.05, 4.69) is 11.9 Å². The van der Waals surface area contributed by atoms with Gasteiger partial charge >= 0.3 is 5.97 Å². The number of allylic oxidation sites excluding steroid dienone is 1. The summed E-state index contributed by atoms with van der Waals surface area (Å²) in [6.45, 7) is 3.66. The highest BCUT2D eigenvalue weighted by molar-refractivity contribution is 5.87. The number of ether oxygens (including phenoxy) is 2. The lowest BCUT2D eigenvalue weighted by atomic mass is 9.99. The third-order valence-corrected chi connectivity index (χ3v) is 4.40. The Kier molecular flexibility index (Phi) is 2.52. The molecule has 3 heterocycles. The van der Waals surface area contributed by atoms with Gasteiger partial charge in [0.25, 0.3) is 0 Å². The van der Waals surface area contributed by atoms with Crippen LogP contribution in [0.1, 0.15) is 26.7 Å². The highest BCUT2D eigenvalue weighted by atomic mass is 16.6. The van der Waals surface area contributed by atoms with Crippen molar-refractivity contribution in [2.75, 3.05) is 7.05 Å². The van der Waals surface area contributed by atoms with Gasteiger partial charge in [0.05, 0.1) is 0 Å². The molecule has 0 aliphatic carbocycles. The van der Waals surface area contributed by atoms with Crippen LogP contribution < -0.4 is 0 Å². The van der Waals surface area contributed by atoms with Crippen LogP contribution in [0.15, 0.2) is 11.6 Å². The van der Waals surface area contributed by atoms with E-state index in [1.807, 2.05) is 6.92 Å². The first-order valence-corrected chi connectivity index (χ1v) is 6.33. The fraction of sp³-hybridized carbons (Fsp3) is 0.769. The Morgan fingerprint density at radius 1 is 1.35 bits per heavy atom. The minimum atomic E-state index is -0.170. The lowest BCUT2D eigenvalue weighted by Gasteiger charge is -2.37. The molecule has 3 fully saturated rings. The van der Waals surface area contributed by atoms with Crippen molar-refractivity contribution in [2.45, 2.75) is 57.1 Å². The number of hydrogen-bond donors (Lipinski definition) is 0. The molecule has 0 radical (unpaired) electrons. The Morgan fingerprint density at radius 2 is 1.94 bits per heavy atom. The van der Waals surface area contributed by atoms with Crippen molar-refractivity contribution in [3.05, 3.63) is 11.6 Å². The summed E-state index contributed by atoms with van der Waals surface area (Å²) in [6, 6.07) is 0.893. The SMILES string of the molecule is C/C=C(\C)C(=O)OC1CC2C3OC3C(C1)N2C. The maximum Gasteiger partial charge on any atom is 0.333 e. The van der Waals surface area contributed by atoms with E-state index in [1.54, 1.807) is 13.0 Å². The van der Waals surface area contributed by atoms with Crippen LogP contribution in [0.25, 0.3) is 0 Å². The Hall–Kier alpha value is -0.870. The van der Waals surface area contributed by atoms with Gasteiger partial charge in [-0.25, -0.2) is 4.79 Å². The lowest BCUT2D eigenvalue weighted by Crippen LogP contribution is -2.47. The molecule has 17 heavy (non-hydrogen) atoms. The van der Waals surface area contributed by atoms with E-state index in [0.717, 1.165) is 12.8 Å². The summed E-state index contributed by atoms with van der Waals surface area (Å²) in [5.41, 5.74) is 0.692. The number of likely N-dealkylation sites (N-methyl/N-ethyl adjacent to an activating group) is 1. The number of piperidine rings is 1. The number of hydrogen-bond acceptors (Lipinski definition) is 4. The molecule has 0 saturated carbocycles. The average Bonchev–Trinajstić information content (AvgIpc) is 3.05. The van der Waals surface area contributed by atoms with Gasteiger partial charge in [0.1, 0.15) is 18.3 Å². The summed E-state index contributed by atoms with van der Waals surface area (Å²) in [4.78, 5) is 14.1. The predicted molar refractivity (Wildman–Crippen MR) is 62.5 cm³/mol. The number of carbonyl (C=O) groups is 1. The Morgan fingerprint density at radius 3 is 2.47 bits per heavy atom. The number of nitrogens with zero attached hydrogens (tertiary/aromatic N) is 1. The standard InChI is InChI=1S/C13H19NO3/c1-4-7(2)13(15)16-8-5-9-11-12(17-11)10(6-8)14(9)3/h4,8-12H,5-6H2,1-3H3/b7-4+. The molecular formula is C13H19NO3. The van der Waals surface area contributed by atoms with Gasteiger partial charge in [0, 0.05) is 30.5 Å². The zero-order chi connectivity index (χ0) is 12.2. The van der Waals surface area contributed by atoms with Crippen molar-refractivity contribution in [3.63, 3.8) is 0 Å². The maximum absolute atomic E-state index is 11.7. The number of fused-ring (bicyclic) bond motifs is 5. The number of epoxide rings is 1. The first kappa shape index (κ1) is 11.2. The summed E-state index contributed by atoms with van der Waals surface area (Å²) in [6.07, 6.45) is 4.49. The number of rotatable bonds is 2. The lowest BCUT2D eigenvalue weighted by molar-refractivity contribution is -0.148. The quantitative estimate of drug-likeness (QED) is 0.410.